The molecule has 7 heteroatoms. The van der Waals surface area contributed by atoms with Gasteiger partial charge in [0.15, 0.2) is 0 Å². The van der Waals surface area contributed by atoms with E-state index in [0.717, 1.165) is 27.3 Å². The summed E-state index contributed by atoms with van der Waals surface area (Å²) in [4.78, 5) is 11.6. The largest absolute Gasteiger partial charge is 0.350 e. The fraction of sp³-hybridized carbons (Fsp3) is 0.176. The van der Waals surface area contributed by atoms with Gasteiger partial charge in [-0.05, 0) is 60.4 Å². The predicted octanol–water partition coefficient (Wildman–Crippen LogP) is 4.90. The molecule has 126 valence electrons. The van der Waals surface area contributed by atoms with Crippen molar-refractivity contribution in [2.75, 3.05) is 0 Å². The van der Waals surface area contributed by atoms with E-state index in [4.69, 9.17) is 28.9 Å². The number of amides is 2. The molecule has 3 N–H and O–H groups in total. The van der Waals surface area contributed by atoms with Crippen molar-refractivity contribution in [3.05, 3.63) is 62.6 Å². The Morgan fingerprint density at radius 2 is 2.00 bits per heavy atom. The van der Waals surface area contributed by atoms with Crippen molar-refractivity contribution in [1.29, 1.82) is 0 Å². The molecule has 0 aliphatic heterocycles. The third-order valence-electron chi connectivity index (χ3n) is 3.38. The van der Waals surface area contributed by atoms with E-state index in [1.165, 1.54) is 5.56 Å². The van der Waals surface area contributed by atoms with Gasteiger partial charge in [-0.15, -0.1) is 11.8 Å². The van der Waals surface area contributed by atoms with Crippen LogP contribution in [0.2, 0.25) is 10.0 Å². The van der Waals surface area contributed by atoms with Crippen LogP contribution in [0.5, 0.6) is 0 Å². The first kappa shape index (κ1) is 18.6. The second-order valence-corrected chi connectivity index (χ2v) is 7.09. The maximum Gasteiger partial charge on any atom is 0.332 e. The van der Waals surface area contributed by atoms with Crippen molar-refractivity contribution in [2.24, 2.45) is 10.8 Å². The SMILES string of the molecule is Cc1cc(C)c(CSc2cc(Cl)ccc2Cl)cc1C=NNC(N)=O. The van der Waals surface area contributed by atoms with Crippen molar-refractivity contribution in [1.82, 2.24) is 5.43 Å². The highest BCUT2D eigenvalue weighted by atomic mass is 35.5. The number of halogens is 2. The summed E-state index contributed by atoms with van der Waals surface area (Å²) >= 11 is 13.8. The lowest BCUT2D eigenvalue weighted by Gasteiger charge is -2.11. The van der Waals surface area contributed by atoms with Gasteiger partial charge in [-0.3, -0.25) is 0 Å². The number of carbonyl (C=O) groups excluding carboxylic acids is 1. The van der Waals surface area contributed by atoms with Crippen molar-refractivity contribution in [2.45, 2.75) is 24.5 Å². The van der Waals surface area contributed by atoms with Crippen LogP contribution in [0.3, 0.4) is 0 Å². The van der Waals surface area contributed by atoms with Crippen LogP contribution in [-0.2, 0) is 5.75 Å². The van der Waals surface area contributed by atoms with Gasteiger partial charge in [-0.25, -0.2) is 10.2 Å². The van der Waals surface area contributed by atoms with E-state index in [9.17, 15) is 4.79 Å². The van der Waals surface area contributed by atoms with Crippen LogP contribution in [0.4, 0.5) is 4.79 Å². The minimum absolute atomic E-state index is 0.660. The Balaban J connectivity index is 2.19. The zero-order valence-corrected chi connectivity index (χ0v) is 15.6. The minimum atomic E-state index is -0.692. The lowest BCUT2D eigenvalue weighted by atomic mass is 10.0. The van der Waals surface area contributed by atoms with E-state index in [1.54, 1.807) is 30.1 Å². The summed E-state index contributed by atoms with van der Waals surface area (Å²) < 4.78 is 0. The van der Waals surface area contributed by atoms with E-state index >= 15 is 0 Å². The van der Waals surface area contributed by atoms with Crippen molar-refractivity contribution in [3.63, 3.8) is 0 Å². The lowest BCUT2D eigenvalue weighted by molar-refractivity contribution is 0.249. The molecule has 0 saturated carbocycles. The smallest absolute Gasteiger partial charge is 0.332 e. The van der Waals surface area contributed by atoms with Crippen LogP contribution in [0, 0.1) is 13.8 Å². The van der Waals surface area contributed by atoms with E-state index in [1.807, 2.05) is 19.1 Å². The lowest BCUT2D eigenvalue weighted by Crippen LogP contribution is -2.24. The second-order valence-electron chi connectivity index (χ2n) is 5.23. The van der Waals surface area contributed by atoms with Gasteiger partial charge in [-0.1, -0.05) is 29.3 Å². The standard InChI is InChI=1S/C17H17Cl2N3OS/c1-10-5-11(2)13(6-12(10)8-21-22-17(20)23)9-24-16-7-14(18)3-4-15(16)19/h3-8H,9H2,1-2H3,(H3,20,22,23). The van der Waals surface area contributed by atoms with Crippen LogP contribution < -0.4 is 11.2 Å². The number of hydrazone groups is 1. The van der Waals surface area contributed by atoms with Gasteiger partial charge in [0.25, 0.3) is 0 Å². The Hall–Kier alpha value is -1.69. The summed E-state index contributed by atoms with van der Waals surface area (Å²) in [5.74, 6) is 0.746. The van der Waals surface area contributed by atoms with Gasteiger partial charge in [0.1, 0.15) is 0 Å². The summed E-state index contributed by atoms with van der Waals surface area (Å²) in [6, 6.07) is 8.86. The number of primary amides is 1. The molecular weight excluding hydrogens is 365 g/mol. The van der Waals surface area contributed by atoms with Gasteiger partial charge in [0, 0.05) is 15.7 Å². The maximum atomic E-state index is 10.7. The van der Waals surface area contributed by atoms with E-state index < -0.39 is 6.03 Å². The Kier molecular flexibility index (Phi) is 6.54. The molecule has 0 radical (unpaired) electrons. The number of nitrogens with one attached hydrogen (secondary N) is 1. The first-order valence-electron chi connectivity index (χ1n) is 7.13. The monoisotopic (exact) mass is 381 g/mol. The number of rotatable bonds is 5. The van der Waals surface area contributed by atoms with Crippen molar-refractivity contribution in [3.8, 4) is 0 Å². The zero-order valence-electron chi connectivity index (χ0n) is 13.3. The molecule has 0 heterocycles. The predicted molar refractivity (Wildman–Crippen MR) is 102 cm³/mol. The summed E-state index contributed by atoms with van der Waals surface area (Å²) in [6.07, 6.45) is 1.58. The Morgan fingerprint density at radius 1 is 1.25 bits per heavy atom. The van der Waals surface area contributed by atoms with Gasteiger partial charge in [-0.2, -0.15) is 5.10 Å². The van der Waals surface area contributed by atoms with E-state index in [2.05, 4.69) is 23.5 Å². The fourth-order valence-electron chi connectivity index (χ4n) is 2.12. The Morgan fingerprint density at radius 3 is 2.71 bits per heavy atom. The summed E-state index contributed by atoms with van der Waals surface area (Å²) in [5, 5.41) is 5.16. The molecule has 4 nitrogen and oxygen atoms in total. The second kappa shape index (κ2) is 8.42. The molecule has 2 rings (SSSR count). The molecule has 2 aromatic carbocycles. The quantitative estimate of drug-likeness (QED) is 0.439. The topological polar surface area (TPSA) is 67.5 Å². The normalized spacial score (nSPS) is 11.0. The summed E-state index contributed by atoms with van der Waals surface area (Å²) in [6.45, 7) is 4.05. The molecule has 0 atom stereocenters. The van der Waals surface area contributed by atoms with Crippen molar-refractivity contribution < 1.29 is 4.79 Å². The van der Waals surface area contributed by atoms with Gasteiger partial charge >= 0.3 is 6.03 Å². The number of nitrogens with zero attached hydrogens (tertiary/aromatic N) is 1. The maximum absolute atomic E-state index is 10.7. The number of nitrogens with two attached hydrogens (primary N) is 1. The Labute approximate surface area is 155 Å². The number of hydrogen-bond donors (Lipinski definition) is 2. The zero-order chi connectivity index (χ0) is 17.7. The molecule has 0 aromatic heterocycles. The van der Waals surface area contributed by atoms with Crippen LogP contribution in [-0.4, -0.2) is 12.2 Å². The number of urea groups is 1. The average molecular weight is 382 g/mol. The molecular formula is C17H17Cl2N3OS. The number of thioether (sulfide) groups is 1. The first-order chi connectivity index (χ1) is 11.4. The highest BCUT2D eigenvalue weighted by Gasteiger charge is 2.07. The minimum Gasteiger partial charge on any atom is -0.350 e. The van der Waals surface area contributed by atoms with Gasteiger partial charge < -0.3 is 5.73 Å². The third-order valence-corrected chi connectivity index (χ3v) is 5.16. The molecule has 0 fully saturated rings. The Bertz CT molecular complexity index is 794. The molecule has 2 aromatic rings. The molecule has 0 aliphatic carbocycles. The molecule has 2 amide bonds. The number of hydrogen-bond acceptors (Lipinski definition) is 3. The molecule has 24 heavy (non-hydrogen) atoms. The van der Waals surface area contributed by atoms with Gasteiger partial charge in [0.05, 0.1) is 11.2 Å². The van der Waals surface area contributed by atoms with Crippen LogP contribution >= 0.6 is 35.0 Å². The molecule has 0 aliphatic rings. The molecule has 0 unspecified atom stereocenters. The molecule has 0 saturated heterocycles. The third kappa shape index (κ3) is 5.16. The first-order valence-corrected chi connectivity index (χ1v) is 8.87. The van der Waals surface area contributed by atoms with Crippen LogP contribution in [0.25, 0.3) is 0 Å². The van der Waals surface area contributed by atoms with E-state index in [-0.39, 0.29) is 0 Å². The van der Waals surface area contributed by atoms with Crippen LogP contribution in [0.1, 0.15) is 22.3 Å². The van der Waals surface area contributed by atoms with Gasteiger partial charge in [0.2, 0.25) is 0 Å². The number of benzene rings is 2. The highest BCUT2D eigenvalue weighted by molar-refractivity contribution is 7.98. The van der Waals surface area contributed by atoms with Crippen LogP contribution in [0.15, 0.2) is 40.3 Å². The summed E-state index contributed by atoms with van der Waals surface area (Å²) in [7, 11) is 0. The van der Waals surface area contributed by atoms with E-state index in [0.29, 0.717) is 10.0 Å². The summed E-state index contributed by atoms with van der Waals surface area (Å²) in [5.41, 5.74) is 11.5. The molecule has 0 bridgehead atoms. The number of carbonyl (C=O) groups is 1. The fourth-order valence-corrected chi connectivity index (χ4v) is 3.68. The van der Waals surface area contributed by atoms with Crippen molar-refractivity contribution >= 4 is 47.2 Å². The highest BCUT2D eigenvalue weighted by Crippen LogP contribution is 2.33. The number of aryl methyl sites for hydroxylation is 2. The molecule has 0 spiro atoms. The average Bonchev–Trinajstić information content (AvgIpc) is 2.51.